The maximum Gasteiger partial charge on any atom is 0.488 e. The molecule has 0 spiro atoms. The highest BCUT2D eigenvalue weighted by Crippen LogP contribution is 1.98. The molecule has 0 fully saturated rings. The molecule has 0 bridgehead atoms. The van der Waals surface area contributed by atoms with Gasteiger partial charge in [-0.15, -0.1) is 0 Å². The van der Waals surface area contributed by atoms with Crippen LogP contribution in [0.3, 0.4) is 0 Å². The van der Waals surface area contributed by atoms with Crippen LogP contribution < -0.4 is 11.2 Å². The molecular weight excluding hydrogens is 165 g/mol. The van der Waals surface area contributed by atoms with Crippen LogP contribution in [0.25, 0.3) is 0 Å². The molecule has 13 heavy (non-hydrogen) atoms. The predicted octanol–water partition coefficient (Wildman–Crippen LogP) is -0.619. The monoisotopic (exact) mass is 177 g/mol. The van der Waals surface area contributed by atoms with Gasteiger partial charge in [0.25, 0.3) is 0 Å². The van der Waals surface area contributed by atoms with Gasteiger partial charge in [0.1, 0.15) is 0 Å². The van der Waals surface area contributed by atoms with Crippen LogP contribution >= 0.6 is 0 Å². The first-order chi connectivity index (χ1) is 6.25. The summed E-state index contributed by atoms with van der Waals surface area (Å²) in [7, 11) is -1.41. The standard InChI is InChI=1S/C9H12BNO2/c11-7-3-5-8-4-1-2-6-9(8)10(12)13/h1-4,6-7,12-13H,5,11H2. The molecule has 0 heterocycles. The third-order valence-electron chi connectivity index (χ3n) is 1.81. The Morgan fingerprint density at radius 2 is 2.00 bits per heavy atom. The summed E-state index contributed by atoms with van der Waals surface area (Å²) in [6, 6.07) is 7.15. The second kappa shape index (κ2) is 4.69. The van der Waals surface area contributed by atoms with E-state index in [0.29, 0.717) is 11.9 Å². The molecule has 0 saturated heterocycles. The molecule has 0 aliphatic carbocycles. The van der Waals surface area contributed by atoms with Gasteiger partial charge in [-0.05, 0) is 23.6 Å². The Morgan fingerprint density at radius 3 is 2.62 bits per heavy atom. The molecule has 1 rings (SSSR count). The van der Waals surface area contributed by atoms with E-state index in [4.69, 9.17) is 15.8 Å². The number of hydrogen-bond acceptors (Lipinski definition) is 3. The summed E-state index contributed by atoms with van der Waals surface area (Å²) < 4.78 is 0. The maximum atomic E-state index is 9.00. The summed E-state index contributed by atoms with van der Waals surface area (Å²) in [4.78, 5) is 0. The van der Waals surface area contributed by atoms with Crippen LogP contribution in [0.4, 0.5) is 0 Å². The van der Waals surface area contributed by atoms with Crippen molar-refractivity contribution in [3.63, 3.8) is 0 Å². The average Bonchev–Trinajstić information content (AvgIpc) is 2.15. The maximum absolute atomic E-state index is 9.00. The van der Waals surface area contributed by atoms with Gasteiger partial charge in [-0.25, -0.2) is 0 Å². The normalized spacial score (nSPS) is 10.6. The van der Waals surface area contributed by atoms with E-state index in [-0.39, 0.29) is 0 Å². The molecule has 0 aliphatic heterocycles. The molecule has 68 valence electrons. The molecule has 0 saturated carbocycles. The summed E-state index contributed by atoms with van der Waals surface area (Å²) in [5.74, 6) is 0. The van der Waals surface area contributed by atoms with E-state index >= 15 is 0 Å². The van der Waals surface area contributed by atoms with Crippen molar-refractivity contribution < 1.29 is 10.0 Å². The fourth-order valence-corrected chi connectivity index (χ4v) is 1.17. The summed E-state index contributed by atoms with van der Waals surface area (Å²) in [6.45, 7) is 0. The van der Waals surface area contributed by atoms with Gasteiger partial charge in [-0.1, -0.05) is 30.3 Å². The van der Waals surface area contributed by atoms with Gasteiger partial charge in [0.2, 0.25) is 0 Å². The number of benzene rings is 1. The van der Waals surface area contributed by atoms with E-state index in [1.165, 1.54) is 6.20 Å². The minimum Gasteiger partial charge on any atom is -0.423 e. The Balaban J connectivity index is 2.91. The lowest BCUT2D eigenvalue weighted by Crippen LogP contribution is -2.32. The van der Waals surface area contributed by atoms with Crippen LogP contribution in [0.5, 0.6) is 0 Å². The Labute approximate surface area is 77.7 Å². The fourth-order valence-electron chi connectivity index (χ4n) is 1.17. The van der Waals surface area contributed by atoms with Crippen molar-refractivity contribution in [1.82, 2.24) is 0 Å². The van der Waals surface area contributed by atoms with Gasteiger partial charge in [-0.2, -0.15) is 0 Å². The minimum absolute atomic E-state index is 0.528. The van der Waals surface area contributed by atoms with Crippen molar-refractivity contribution in [2.75, 3.05) is 0 Å². The van der Waals surface area contributed by atoms with Crippen molar-refractivity contribution in [2.24, 2.45) is 5.73 Å². The first kappa shape index (κ1) is 9.83. The average molecular weight is 177 g/mol. The third kappa shape index (κ3) is 2.61. The molecule has 1 aromatic carbocycles. The van der Waals surface area contributed by atoms with Crippen LogP contribution in [-0.2, 0) is 6.42 Å². The molecule has 0 amide bonds. The summed E-state index contributed by atoms with van der Waals surface area (Å²) in [6.07, 6.45) is 3.83. The highest BCUT2D eigenvalue weighted by Gasteiger charge is 2.13. The Kier molecular flexibility index (Phi) is 3.55. The lowest BCUT2D eigenvalue weighted by molar-refractivity contribution is 0.425. The number of hydrogen-bond donors (Lipinski definition) is 3. The molecule has 0 radical (unpaired) electrons. The lowest BCUT2D eigenvalue weighted by Gasteiger charge is -2.05. The molecular formula is C9H12BNO2. The topological polar surface area (TPSA) is 66.5 Å². The van der Waals surface area contributed by atoms with E-state index in [1.54, 1.807) is 18.2 Å². The van der Waals surface area contributed by atoms with Crippen molar-refractivity contribution in [1.29, 1.82) is 0 Å². The lowest BCUT2D eigenvalue weighted by atomic mass is 9.76. The van der Waals surface area contributed by atoms with Crippen molar-refractivity contribution >= 4 is 12.6 Å². The van der Waals surface area contributed by atoms with E-state index in [2.05, 4.69) is 0 Å². The second-order valence-electron chi connectivity index (χ2n) is 2.70. The zero-order chi connectivity index (χ0) is 9.68. The molecule has 0 aromatic heterocycles. The van der Waals surface area contributed by atoms with Gasteiger partial charge in [0, 0.05) is 0 Å². The third-order valence-corrected chi connectivity index (χ3v) is 1.81. The van der Waals surface area contributed by atoms with E-state index in [1.807, 2.05) is 12.1 Å². The highest BCUT2D eigenvalue weighted by molar-refractivity contribution is 6.59. The van der Waals surface area contributed by atoms with Crippen molar-refractivity contribution in [3.8, 4) is 0 Å². The summed E-state index contributed by atoms with van der Waals surface area (Å²) in [5.41, 5.74) is 6.60. The summed E-state index contributed by atoms with van der Waals surface area (Å²) >= 11 is 0. The smallest absolute Gasteiger partial charge is 0.423 e. The minimum atomic E-state index is -1.41. The van der Waals surface area contributed by atoms with Gasteiger partial charge >= 0.3 is 7.12 Å². The number of rotatable bonds is 3. The summed E-state index contributed by atoms with van der Waals surface area (Å²) in [5, 5.41) is 18.0. The first-order valence-corrected chi connectivity index (χ1v) is 4.06. The Bertz CT molecular complexity index is 299. The zero-order valence-electron chi connectivity index (χ0n) is 7.22. The molecule has 4 heteroatoms. The van der Waals surface area contributed by atoms with Crippen LogP contribution in [0, 0.1) is 0 Å². The molecule has 0 atom stereocenters. The fraction of sp³-hybridized carbons (Fsp3) is 0.111. The van der Waals surface area contributed by atoms with Gasteiger partial charge < -0.3 is 15.8 Å². The largest absolute Gasteiger partial charge is 0.488 e. The van der Waals surface area contributed by atoms with Crippen LogP contribution in [0.15, 0.2) is 36.5 Å². The molecule has 1 aromatic rings. The number of nitrogens with two attached hydrogens (primary N) is 1. The Hall–Kier alpha value is -1.26. The van der Waals surface area contributed by atoms with Crippen LogP contribution in [-0.4, -0.2) is 17.2 Å². The quantitative estimate of drug-likeness (QED) is 0.539. The molecule has 4 N–H and O–H groups in total. The molecule has 3 nitrogen and oxygen atoms in total. The number of allylic oxidation sites excluding steroid dienone is 1. The first-order valence-electron chi connectivity index (χ1n) is 4.06. The van der Waals surface area contributed by atoms with Gasteiger partial charge in [0.15, 0.2) is 0 Å². The van der Waals surface area contributed by atoms with Gasteiger partial charge in [-0.3, -0.25) is 0 Å². The highest BCUT2D eigenvalue weighted by atomic mass is 16.4. The van der Waals surface area contributed by atoms with Gasteiger partial charge in [0.05, 0.1) is 0 Å². The van der Waals surface area contributed by atoms with Crippen LogP contribution in [0.2, 0.25) is 0 Å². The van der Waals surface area contributed by atoms with Crippen molar-refractivity contribution in [2.45, 2.75) is 6.42 Å². The Morgan fingerprint density at radius 1 is 1.31 bits per heavy atom. The van der Waals surface area contributed by atoms with E-state index in [0.717, 1.165) is 5.56 Å². The molecule has 0 unspecified atom stereocenters. The predicted molar refractivity (Wildman–Crippen MR) is 53.3 cm³/mol. The second-order valence-corrected chi connectivity index (χ2v) is 2.70. The van der Waals surface area contributed by atoms with E-state index in [9.17, 15) is 0 Å². The zero-order valence-corrected chi connectivity index (χ0v) is 7.22. The van der Waals surface area contributed by atoms with Crippen molar-refractivity contribution in [3.05, 3.63) is 42.1 Å². The van der Waals surface area contributed by atoms with E-state index < -0.39 is 7.12 Å². The van der Waals surface area contributed by atoms with Crippen LogP contribution in [0.1, 0.15) is 5.56 Å². The molecule has 0 aliphatic rings. The SMILES string of the molecule is NC=CCc1ccccc1B(O)O.